The number of nitrogens with zero attached hydrogens (tertiary/aromatic N) is 1. The molecule has 0 saturated heterocycles. The molecule has 1 atom stereocenters. The Balaban J connectivity index is 2.34. The van der Waals surface area contributed by atoms with Gasteiger partial charge in [0.15, 0.2) is 0 Å². The molecule has 0 saturated carbocycles. The molecule has 0 aliphatic carbocycles. The van der Waals surface area contributed by atoms with Crippen molar-refractivity contribution in [3.05, 3.63) is 65.0 Å². The van der Waals surface area contributed by atoms with Crippen LogP contribution in [0.3, 0.4) is 0 Å². The Bertz CT molecular complexity index is 650. The van der Waals surface area contributed by atoms with Gasteiger partial charge in [0.1, 0.15) is 5.82 Å². The summed E-state index contributed by atoms with van der Waals surface area (Å²) in [5, 5.41) is 12.2. The molecule has 0 bridgehead atoms. The van der Waals surface area contributed by atoms with Gasteiger partial charge >= 0.3 is 0 Å². The lowest BCUT2D eigenvalue weighted by molar-refractivity contribution is 0.186. The SMILES string of the molecule is COCC(Nc1cc(C#N)cc(F)c1C)c1ccccc1. The van der Waals surface area contributed by atoms with E-state index in [1.807, 2.05) is 36.4 Å². The van der Waals surface area contributed by atoms with Crippen LogP contribution in [0.1, 0.15) is 22.7 Å². The molecule has 4 heteroatoms. The number of nitriles is 1. The van der Waals surface area contributed by atoms with Crippen molar-refractivity contribution < 1.29 is 9.13 Å². The van der Waals surface area contributed by atoms with E-state index < -0.39 is 0 Å². The number of hydrogen-bond donors (Lipinski definition) is 1. The summed E-state index contributed by atoms with van der Waals surface area (Å²) in [4.78, 5) is 0. The number of benzene rings is 2. The van der Waals surface area contributed by atoms with Crippen LogP contribution in [0.2, 0.25) is 0 Å². The molecule has 1 unspecified atom stereocenters. The van der Waals surface area contributed by atoms with Crippen LogP contribution >= 0.6 is 0 Å². The van der Waals surface area contributed by atoms with Gasteiger partial charge in [-0.25, -0.2) is 4.39 Å². The summed E-state index contributed by atoms with van der Waals surface area (Å²) in [6.45, 7) is 2.13. The van der Waals surface area contributed by atoms with E-state index in [-0.39, 0.29) is 11.9 Å². The van der Waals surface area contributed by atoms with Crippen molar-refractivity contribution >= 4 is 5.69 Å². The van der Waals surface area contributed by atoms with E-state index in [9.17, 15) is 4.39 Å². The van der Waals surface area contributed by atoms with E-state index >= 15 is 0 Å². The Morgan fingerprint density at radius 2 is 2.00 bits per heavy atom. The van der Waals surface area contributed by atoms with Gasteiger partial charge in [-0.3, -0.25) is 0 Å². The maximum Gasteiger partial charge on any atom is 0.129 e. The van der Waals surface area contributed by atoms with Crippen LogP contribution in [0, 0.1) is 24.1 Å². The van der Waals surface area contributed by atoms with Gasteiger partial charge in [-0.15, -0.1) is 0 Å². The number of rotatable bonds is 5. The molecule has 2 rings (SSSR count). The normalized spacial score (nSPS) is 11.7. The highest BCUT2D eigenvalue weighted by Crippen LogP contribution is 2.25. The molecule has 0 heterocycles. The summed E-state index contributed by atoms with van der Waals surface area (Å²) >= 11 is 0. The van der Waals surface area contributed by atoms with Gasteiger partial charge in [-0.1, -0.05) is 30.3 Å². The minimum absolute atomic E-state index is 0.108. The second-order valence-electron chi connectivity index (χ2n) is 4.81. The minimum atomic E-state index is -0.388. The Labute approximate surface area is 124 Å². The van der Waals surface area contributed by atoms with E-state index in [1.165, 1.54) is 6.07 Å². The molecule has 2 aromatic rings. The van der Waals surface area contributed by atoms with E-state index in [2.05, 4.69) is 5.32 Å². The predicted octanol–water partition coefficient (Wildman–Crippen LogP) is 3.81. The molecule has 0 aliphatic rings. The van der Waals surface area contributed by atoms with Crippen LogP contribution in [0.5, 0.6) is 0 Å². The Morgan fingerprint density at radius 3 is 2.62 bits per heavy atom. The maximum atomic E-state index is 13.8. The van der Waals surface area contributed by atoms with E-state index in [1.54, 1.807) is 20.1 Å². The van der Waals surface area contributed by atoms with Crippen LogP contribution in [0.15, 0.2) is 42.5 Å². The molecule has 0 aromatic heterocycles. The first kappa shape index (κ1) is 15.0. The zero-order chi connectivity index (χ0) is 15.2. The minimum Gasteiger partial charge on any atom is -0.382 e. The van der Waals surface area contributed by atoms with Gasteiger partial charge in [0.25, 0.3) is 0 Å². The van der Waals surface area contributed by atoms with Crippen LogP contribution in [0.25, 0.3) is 0 Å². The number of halogens is 1. The number of hydrogen-bond acceptors (Lipinski definition) is 3. The molecule has 0 aliphatic heterocycles. The number of methoxy groups -OCH3 is 1. The quantitative estimate of drug-likeness (QED) is 0.908. The fourth-order valence-electron chi connectivity index (χ4n) is 2.15. The Morgan fingerprint density at radius 1 is 1.29 bits per heavy atom. The highest BCUT2D eigenvalue weighted by Gasteiger charge is 2.14. The molecule has 2 aromatic carbocycles. The van der Waals surface area contributed by atoms with Crippen molar-refractivity contribution in [2.24, 2.45) is 0 Å². The fraction of sp³-hybridized carbons (Fsp3) is 0.235. The number of anilines is 1. The molecular weight excluding hydrogens is 267 g/mol. The van der Waals surface area contributed by atoms with Gasteiger partial charge in [0.2, 0.25) is 0 Å². The van der Waals surface area contributed by atoms with Crippen LogP contribution in [0.4, 0.5) is 10.1 Å². The largest absolute Gasteiger partial charge is 0.382 e. The number of ether oxygens (including phenoxy) is 1. The summed E-state index contributed by atoms with van der Waals surface area (Å²) in [5.41, 5.74) is 2.44. The third-order valence-electron chi connectivity index (χ3n) is 3.34. The summed E-state index contributed by atoms with van der Waals surface area (Å²) in [6.07, 6.45) is 0. The molecule has 21 heavy (non-hydrogen) atoms. The molecule has 0 amide bonds. The lowest BCUT2D eigenvalue weighted by Gasteiger charge is -2.21. The first-order valence-electron chi connectivity index (χ1n) is 6.66. The Kier molecular flexibility index (Phi) is 4.91. The predicted molar refractivity (Wildman–Crippen MR) is 80.5 cm³/mol. The molecule has 0 spiro atoms. The maximum absolute atomic E-state index is 13.8. The topological polar surface area (TPSA) is 45.0 Å². The van der Waals surface area contributed by atoms with Crippen molar-refractivity contribution in [1.82, 2.24) is 0 Å². The molecule has 0 radical (unpaired) electrons. The van der Waals surface area contributed by atoms with Gasteiger partial charge in [-0.2, -0.15) is 5.26 Å². The van der Waals surface area contributed by atoms with E-state index in [4.69, 9.17) is 10.00 Å². The van der Waals surface area contributed by atoms with Gasteiger partial charge in [0.05, 0.1) is 24.3 Å². The van der Waals surface area contributed by atoms with Crippen LogP contribution in [-0.4, -0.2) is 13.7 Å². The second-order valence-corrected chi connectivity index (χ2v) is 4.81. The lowest BCUT2D eigenvalue weighted by atomic mass is 10.0. The summed E-state index contributed by atoms with van der Waals surface area (Å²) in [6, 6.07) is 14.6. The summed E-state index contributed by atoms with van der Waals surface area (Å²) in [7, 11) is 1.62. The van der Waals surface area contributed by atoms with Crippen LogP contribution < -0.4 is 5.32 Å². The third-order valence-corrected chi connectivity index (χ3v) is 3.34. The highest BCUT2D eigenvalue weighted by atomic mass is 19.1. The molecule has 1 N–H and O–H groups in total. The fourth-order valence-corrected chi connectivity index (χ4v) is 2.15. The molecular formula is C17H17FN2O. The molecule has 108 valence electrons. The van der Waals surface area contributed by atoms with E-state index in [0.29, 0.717) is 23.4 Å². The average Bonchev–Trinajstić information content (AvgIpc) is 2.51. The standard InChI is InChI=1S/C17H17FN2O/c1-12-15(18)8-13(10-19)9-16(12)20-17(11-21-2)14-6-4-3-5-7-14/h3-9,17,20H,11H2,1-2H3. The zero-order valence-corrected chi connectivity index (χ0v) is 12.1. The monoisotopic (exact) mass is 284 g/mol. The number of nitrogens with one attached hydrogen (secondary N) is 1. The van der Waals surface area contributed by atoms with E-state index in [0.717, 1.165) is 5.56 Å². The Hall–Kier alpha value is -2.38. The van der Waals surface area contributed by atoms with Crippen molar-refractivity contribution in [1.29, 1.82) is 5.26 Å². The molecule has 0 fully saturated rings. The van der Waals surface area contributed by atoms with Crippen LogP contribution in [-0.2, 0) is 4.74 Å². The zero-order valence-electron chi connectivity index (χ0n) is 12.1. The van der Waals surface area contributed by atoms with Gasteiger partial charge in [-0.05, 0) is 24.6 Å². The van der Waals surface area contributed by atoms with Crippen molar-refractivity contribution in [3.8, 4) is 6.07 Å². The summed E-state index contributed by atoms with van der Waals surface area (Å²) < 4.78 is 19.1. The lowest BCUT2D eigenvalue weighted by Crippen LogP contribution is -2.17. The molecule has 3 nitrogen and oxygen atoms in total. The first-order valence-corrected chi connectivity index (χ1v) is 6.66. The first-order chi connectivity index (χ1) is 10.2. The highest BCUT2D eigenvalue weighted by molar-refractivity contribution is 5.57. The second kappa shape index (κ2) is 6.87. The van der Waals surface area contributed by atoms with Gasteiger partial charge in [0, 0.05) is 18.4 Å². The van der Waals surface area contributed by atoms with Crippen molar-refractivity contribution in [2.45, 2.75) is 13.0 Å². The van der Waals surface area contributed by atoms with Gasteiger partial charge < -0.3 is 10.1 Å². The van der Waals surface area contributed by atoms with Crippen molar-refractivity contribution in [3.63, 3.8) is 0 Å². The smallest absolute Gasteiger partial charge is 0.129 e. The average molecular weight is 284 g/mol. The van der Waals surface area contributed by atoms with Crippen molar-refractivity contribution in [2.75, 3.05) is 19.0 Å². The summed E-state index contributed by atoms with van der Waals surface area (Å²) in [5.74, 6) is -0.388. The third kappa shape index (κ3) is 3.59.